The number of amides is 1. The van der Waals surface area contributed by atoms with Crippen LogP contribution in [0.5, 0.6) is 11.5 Å². The van der Waals surface area contributed by atoms with Gasteiger partial charge in [-0.1, -0.05) is 24.3 Å². The highest BCUT2D eigenvalue weighted by Gasteiger charge is 2.14. The van der Waals surface area contributed by atoms with E-state index in [0.29, 0.717) is 28.7 Å². The number of carbonyl (C=O) groups excluding carboxylic acids is 1. The number of aromatic nitrogens is 2. The zero-order valence-corrected chi connectivity index (χ0v) is 22.6. The van der Waals surface area contributed by atoms with Crippen LogP contribution >= 0.6 is 0 Å². The van der Waals surface area contributed by atoms with Crippen LogP contribution < -0.4 is 15.8 Å². The largest absolute Gasteiger partial charge is 0.459 e. The van der Waals surface area contributed by atoms with Crippen LogP contribution in [0.25, 0.3) is 39.3 Å². The van der Waals surface area contributed by atoms with Crippen LogP contribution in [-0.2, 0) is 11.3 Å². The van der Waals surface area contributed by atoms with Crippen molar-refractivity contribution >= 4 is 28.8 Å². The summed E-state index contributed by atoms with van der Waals surface area (Å²) in [5.74, 6) is 0.737. The van der Waals surface area contributed by atoms with Gasteiger partial charge in [-0.2, -0.15) is 4.39 Å². The highest BCUT2D eigenvalue weighted by atomic mass is 19.1. The highest BCUT2D eigenvalue weighted by molar-refractivity contribution is 5.97. The summed E-state index contributed by atoms with van der Waals surface area (Å²) in [5.41, 5.74) is 10.3. The Morgan fingerprint density at radius 2 is 1.60 bits per heavy atom. The van der Waals surface area contributed by atoms with E-state index in [0.717, 1.165) is 33.2 Å². The number of anilines is 1. The predicted octanol–water partition coefficient (Wildman–Crippen LogP) is 7.54. The van der Waals surface area contributed by atoms with Gasteiger partial charge in [-0.25, -0.2) is 14.4 Å². The first-order chi connectivity index (χ1) is 20.9. The summed E-state index contributed by atoms with van der Waals surface area (Å²) >= 11 is 0. The monoisotopic (exact) mass is 574 g/mol. The molecule has 3 N–H and O–H groups in total. The molecule has 1 amide bonds. The van der Waals surface area contributed by atoms with Crippen LogP contribution in [0, 0.1) is 11.8 Å². The van der Waals surface area contributed by atoms with Crippen LogP contribution in [0.2, 0.25) is 0 Å². The maximum atomic E-state index is 13.7. The zero-order valence-electron chi connectivity index (χ0n) is 22.6. The van der Waals surface area contributed by atoms with Crippen LogP contribution in [0.4, 0.5) is 14.6 Å². The van der Waals surface area contributed by atoms with Crippen molar-refractivity contribution < 1.29 is 22.7 Å². The highest BCUT2D eigenvalue weighted by Crippen LogP contribution is 2.37. The number of halogens is 2. The molecule has 0 fully saturated rings. The van der Waals surface area contributed by atoms with Gasteiger partial charge in [0.2, 0.25) is 11.9 Å². The summed E-state index contributed by atoms with van der Waals surface area (Å²) in [6, 6.07) is 25.6. The number of nitrogen functional groups attached to an aromatic ring is 1. The maximum Gasteiger partial charge on any atom is 0.244 e. The number of hydrogen-bond acceptors (Lipinski definition) is 6. The number of nitrogens with one attached hydrogen (secondary N) is 1. The Morgan fingerprint density at radius 1 is 0.837 bits per heavy atom. The third-order valence-corrected chi connectivity index (χ3v) is 6.62. The Kier molecular flexibility index (Phi) is 7.60. The molecule has 0 bridgehead atoms. The minimum absolute atomic E-state index is 0.167. The lowest BCUT2D eigenvalue weighted by molar-refractivity contribution is -0.116. The van der Waals surface area contributed by atoms with Gasteiger partial charge in [0.1, 0.15) is 34.5 Å². The normalized spacial score (nSPS) is 11.2. The molecule has 6 rings (SSSR count). The fourth-order valence-electron chi connectivity index (χ4n) is 4.50. The topological polar surface area (TPSA) is 103 Å². The van der Waals surface area contributed by atoms with Gasteiger partial charge in [0.25, 0.3) is 0 Å². The van der Waals surface area contributed by atoms with Crippen molar-refractivity contribution in [2.45, 2.75) is 6.54 Å². The number of nitrogens with two attached hydrogens (primary N) is 1. The van der Waals surface area contributed by atoms with E-state index in [1.165, 1.54) is 36.5 Å². The van der Waals surface area contributed by atoms with Gasteiger partial charge in [0.15, 0.2) is 0 Å². The number of hydrogen-bond donors (Lipinski definition) is 2. The van der Waals surface area contributed by atoms with Crippen molar-refractivity contribution in [2.24, 2.45) is 0 Å². The summed E-state index contributed by atoms with van der Waals surface area (Å²) in [6.07, 6.45) is 5.96. The van der Waals surface area contributed by atoms with Crippen molar-refractivity contribution in [1.29, 1.82) is 0 Å². The fourth-order valence-corrected chi connectivity index (χ4v) is 4.50. The minimum atomic E-state index is -0.580. The molecule has 9 heteroatoms. The third-order valence-electron chi connectivity index (χ3n) is 6.62. The first-order valence-electron chi connectivity index (χ1n) is 13.3. The number of nitrogens with zero attached hydrogens (tertiary/aromatic N) is 2. The molecule has 0 saturated heterocycles. The molecule has 0 saturated carbocycles. The average molecular weight is 575 g/mol. The van der Waals surface area contributed by atoms with Crippen molar-refractivity contribution in [3.05, 3.63) is 133 Å². The Labute approximate surface area is 245 Å². The molecule has 0 radical (unpaired) electrons. The van der Waals surface area contributed by atoms with Crippen LogP contribution in [0.3, 0.4) is 0 Å². The lowest BCUT2D eigenvalue weighted by Crippen LogP contribution is -2.19. The van der Waals surface area contributed by atoms with Crippen molar-refractivity contribution in [1.82, 2.24) is 15.3 Å². The minimum Gasteiger partial charge on any atom is -0.459 e. The van der Waals surface area contributed by atoms with E-state index in [2.05, 4.69) is 15.3 Å². The van der Waals surface area contributed by atoms with E-state index >= 15 is 0 Å². The van der Waals surface area contributed by atoms with Gasteiger partial charge in [-0.05, 0) is 95.1 Å². The van der Waals surface area contributed by atoms with Crippen LogP contribution in [-0.4, -0.2) is 15.9 Å². The Morgan fingerprint density at radius 3 is 2.33 bits per heavy atom. The fraction of sp³-hybridized carbons (Fsp3) is 0.0294. The van der Waals surface area contributed by atoms with E-state index < -0.39 is 5.95 Å². The molecule has 0 spiro atoms. The van der Waals surface area contributed by atoms with Crippen molar-refractivity contribution in [3.63, 3.8) is 0 Å². The summed E-state index contributed by atoms with van der Waals surface area (Å²) in [6.45, 7) is 0.167. The molecule has 3 heterocycles. The van der Waals surface area contributed by atoms with Crippen LogP contribution in [0.1, 0.15) is 11.3 Å². The molecule has 7 nitrogen and oxygen atoms in total. The lowest BCUT2D eigenvalue weighted by Gasteiger charge is -2.09. The predicted molar refractivity (Wildman–Crippen MR) is 161 cm³/mol. The second-order valence-electron chi connectivity index (χ2n) is 9.67. The number of furan rings is 1. The molecule has 0 aliphatic carbocycles. The van der Waals surface area contributed by atoms with Crippen molar-refractivity contribution in [2.75, 3.05) is 5.73 Å². The molecule has 0 aliphatic rings. The Hall–Kier alpha value is -5.83. The lowest BCUT2D eigenvalue weighted by atomic mass is 9.96. The van der Waals surface area contributed by atoms with Gasteiger partial charge in [-0.15, -0.1) is 0 Å². The molecule has 3 aromatic carbocycles. The molecular weight excluding hydrogens is 550 g/mol. The second-order valence-corrected chi connectivity index (χ2v) is 9.67. The average Bonchev–Trinajstić information content (AvgIpc) is 3.44. The van der Waals surface area contributed by atoms with Gasteiger partial charge >= 0.3 is 0 Å². The molecule has 6 aromatic rings. The first kappa shape index (κ1) is 27.3. The van der Waals surface area contributed by atoms with Gasteiger partial charge in [0, 0.05) is 23.2 Å². The molecule has 0 unspecified atom stereocenters. The number of fused-ring (bicyclic) bond motifs is 1. The van der Waals surface area contributed by atoms with Gasteiger partial charge < -0.3 is 20.2 Å². The van der Waals surface area contributed by atoms with E-state index in [1.54, 1.807) is 36.5 Å². The Bertz CT molecular complexity index is 1920. The van der Waals surface area contributed by atoms with E-state index in [4.69, 9.17) is 14.9 Å². The molecule has 43 heavy (non-hydrogen) atoms. The maximum absolute atomic E-state index is 13.7. The second kappa shape index (κ2) is 12.0. The number of rotatable bonds is 8. The van der Waals surface area contributed by atoms with E-state index in [1.807, 2.05) is 42.5 Å². The smallest absolute Gasteiger partial charge is 0.244 e. The summed E-state index contributed by atoms with van der Waals surface area (Å²) < 4.78 is 38.8. The number of carbonyl (C=O) groups is 1. The summed E-state index contributed by atoms with van der Waals surface area (Å²) in [4.78, 5) is 20.0. The van der Waals surface area contributed by atoms with Crippen LogP contribution in [0.15, 0.2) is 114 Å². The first-order valence-corrected chi connectivity index (χ1v) is 13.3. The van der Waals surface area contributed by atoms with Crippen molar-refractivity contribution in [3.8, 4) is 33.8 Å². The van der Waals surface area contributed by atoms with Gasteiger partial charge in [0.05, 0.1) is 12.7 Å². The molecular formula is C34H24F2N4O3. The summed E-state index contributed by atoms with van der Waals surface area (Å²) in [5, 5.41) is 3.65. The standard InChI is InChI=1S/C34H24F2N4O3/c35-26-7-3-23(4-8-26)30-17-24(22-5-9-27(10-6-22)42-28-11-12-31(36)38-19-28)15-25-16-29(43-34(25)30)20-40-33(41)14-2-21-1-13-32(37)39-18-21/h1-19H,20H2,(H2,37,39)(H,40,41)/b14-2+. The number of pyridine rings is 2. The number of ether oxygens (including phenoxy) is 1. The number of benzene rings is 3. The zero-order chi connectivity index (χ0) is 29.8. The quantitative estimate of drug-likeness (QED) is 0.144. The van der Waals surface area contributed by atoms with E-state index in [9.17, 15) is 13.6 Å². The molecule has 212 valence electrons. The SMILES string of the molecule is Nc1ccc(/C=C/C(=O)NCc2cc3cc(-c4ccc(Oc5ccc(F)nc5)cc4)cc(-c4ccc(F)cc4)c3o2)cn1. The Balaban J connectivity index is 1.26. The third kappa shape index (κ3) is 6.57. The molecule has 0 aliphatic heterocycles. The van der Waals surface area contributed by atoms with Gasteiger partial charge in [-0.3, -0.25) is 4.79 Å². The molecule has 0 atom stereocenters. The summed E-state index contributed by atoms with van der Waals surface area (Å²) in [7, 11) is 0. The van der Waals surface area contributed by atoms with E-state index in [-0.39, 0.29) is 18.3 Å². The molecule has 3 aromatic heterocycles.